The van der Waals surface area contributed by atoms with Gasteiger partial charge in [0.1, 0.15) is 5.00 Å². The summed E-state index contributed by atoms with van der Waals surface area (Å²) in [4.78, 5) is 16.1. The minimum Gasteiger partial charge on any atom is -0.345 e. The molecule has 1 aliphatic rings. The Balaban J connectivity index is 1.70. The van der Waals surface area contributed by atoms with Gasteiger partial charge in [-0.3, -0.25) is 0 Å². The predicted molar refractivity (Wildman–Crippen MR) is 108 cm³/mol. The zero-order valence-electron chi connectivity index (χ0n) is 15.8. The van der Waals surface area contributed by atoms with E-state index in [1.807, 2.05) is 33.2 Å². The number of piperazine rings is 1. The lowest BCUT2D eigenvalue weighted by atomic mass is 10.1. The topological polar surface area (TPSA) is 57.8 Å². The minimum atomic E-state index is -0.329. The molecule has 27 heavy (non-hydrogen) atoms. The summed E-state index contributed by atoms with van der Waals surface area (Å²) in [7, 11) is 0. The van der Waals surface area contributed by atoms with Crippen LogP contribution in [0.5, 0.6) is 0 Å². The number of hydrogen-bond acceptors (Lipinski definition) is 6. The zero-order valence-corrected chi connectivity index (χ0v) is 16.6. The molecule has 142 valence electrons. The highest BCUT2D eigenvalue weighted by Crippen LogP contribution is 2.34. The van der Waals surface area contributed by atoms with Gasteiger partial charge in [-0.25, -0.2) is 19.4 Å². The second kappa shape index (κ2) is 7.36. The Bertz CT molecular complexity index is 999. The molecule has 0 spiro atoms. The molecule has 0 aromatic carbocycles. The Morgan fingerprint density at radius 3 is 2.78 bits per heavy atom. The zero-order chi connectivity index (χ0) is 19.0. The Hall–Kier alpha value is -2.32. The number of thiazole rings is 1. The van der Waals surface area contributed by atoms with Crippen LogP contribution in [-0.4, -0.2) is 46.3 Å². The van der Waals surface area contributed by atoms with Crippen LogP contribution in [0.2, 0.25) is 0 Å². The predicted octanol–water partition coefficient (Wildman–Crippen LogP) is 3.49. The van der Waals surface area contributed by atoms with Gasteiger partial charge in [0.2, 0.25) is 0 Å². The lowest BCUT2D eigenvalue weighted by molar-refractivity contribution is 0.588. The van der Waals surface area contributed by atoms with Crippen molar-refractivity contribution in [3.63, 3.8) is 0 Å². The fourth-order valence-electron chi connectivity index (χ4n) is 3.28. The number of hydrogen-bond donors (Lipinski definition) is 1. The van der Waals surface area contributed by atoms with Crippen LogP contribution in [0.3, 0.4) is 0 Å². The number of halogens is 1. The number of nitrogens with one attached hydrogen (secondary N) is 1. The van der Waals surface area contributed by atoms with Crippen LogP contribution < -0.4 is 10.2 Å². The van der Waals surface area contributed by atoms with E-state index in [9.17, 15) is 4.39 Å². The van der Waals surface area contributed by atoms with Crippen molar-refractivity contribution in [1.29, 1.82) is 0 Å². The molecule has 4 heterocycles. The summed E-state index contributed by atoms with van der Waals surface area (Å²) in [6.45, 7) is 9.74. The molecule has 1 fully saturated rings. The van der Waals surface area contributed by atoms with E-state index in [0.717, 1.165) is 59.0 Å². The van der Waals surface area contributed by atoms with Crippen LogP contribution in [0.4, 0.5) is 14.5 Å². The van der Waals surface area contributed by atoms with Crippen molar-refractivity contribution in [3.05, 3.63) is 41.2 Å². The van der Waals surface area contributed by atoms with Crippen LogP contribution in [0.1, 0.15) is 30.3 Å². The van der Waals surface area contributed by atoms with Crippen LogP contribution in [-0.2, 0) is 0 Å². The first kappa shape index (κ1) is 18.1. The van der Waals surface area contributed by atoms with E-state index in [4.69, 9.17) is 9.98 Å². The van der Waals surface area contributed by atoms with Crippen molar-refractivity contribution < 1.29 is 4.39 Å². The fourth-order valence-corrected chi connectivity index (χ4v) is 4.29. The molecule has 4 rings (SSSR count). The Morgan fingerprint density at radius 1 is 1.26 bits per heavy atom. The number of anilines is 1. The van der Waals surface area contributed by atoms with Crippen molar-refractivity contribution in [3.8, 4) is 0 Å². The number of rotatable bonds is 4. The molecule has 0 bridgehead atoms. The van der Waals surface area contributed by atoms with Gasteiger partial charge in [-0.1, -0.05) is 18.3 Å². The summed E-state index contributed by atoms with van der Waals surface area (Å²) in [6, 6.07) is 1.53. The Labute approximate surface area is 161 Å². The first-order chi connectivity index (χ1) is 13.0. The van der Waals surface area contributed by atoms with Gasteiger partial charge in [-0.15, -0.1) is 0 Å². The maximum atomic E-state index is 14.5. The molecule has 6 nitrogen and oxygen atoms in total. The van der Waals surface area contributed by atoms with E-state index in [1.165, 1.54) is 6.07 Å². The standard InChI is InChI=1S/C19H23FN6S/c1-4-16(14-9-15(20)17-22-12(2)10-26(17)11-14)24-18-13(3)23-19(27-18)25-7-5-21-6-8-25/h9-11,21H,4-8H2,1-3H3/b24-16+. The molecule has 0 aliphatic carbocycles. The lowest BCUT2D eigenvalue weighted by Gasteiger charge is -2.26. The number of fused-ring (bicyclic) bond motifs is 1. The van der Waals surface area contributed by atoms with E-state index in [2.05, 4.69) is 15.2 Å². The highest BCUT2D eigenvalue weighted by Gasteiger charge is 2.17. The molecule has 0 unspecified atom stereocenters. The molecule has 0 saturated carbocycles. The Morgan fingerprint density at radius 2 is 2.04 bits per heavy atom. The number of imidazole rings is 1. The summed E-state index contributed by atoms with van der Waals surface area (Å²) < 4.78 is 16.2. The van der Waals surface area contributed by atoms with Crippen molar-refractivity contribution in [1.82, 2.24) is 19.7 Å². The molecule has 0 radical (unpaired) electrons. The number of aliphatic imine (C=N–C) groups is 1. The third-order valence-electron chi connectivity index (χ3n) is 4.68. The monoisotopic (exact) mass is 386 g/mol. The fraction of sp³-hybridized carbons (Fsp3) is 0.421. The molecule has 0 atom stereocenters. The van der Waals surface area contributed by atoms with Gasteiger partial charge in [0.25, 0.3) is 0 Å². The highest BCUT2D eigenvalue weighted by molar-refractivity contribution is 7.19. The van der Waals surface area contributed by atoms with E-state index in [-0.39, 0.29) is 5.82 Å². The summed E-state index contributed by atoms with van der Waals surface area (Å²) in [5.74, 6) is -0.329. The first-order valence-corrected chi connectivity index (χ1v) is 10.0. The van der Waals surface area contributed by atoms with Crippen LogP contribution >= 0.6 is 11.3 Å². The van der Waals surface area contributed by atoms with Gasteiger partial charge in [0.15, 0.2) is 16.6 Å². The summed E-state index contributed by atoms with van der Waals surface area (Å²) in [5, 5.41) is 5.26. The molecule has 1 N–H and O–H groups in total. The number of nitrogens with zero attached hydrogens (tertiary/aromatic N) is 5. The van der Waals surface area contributed by atoms with Crippen LogP contribution in [0, 0.1) is 19.7 Å². The molecular formula is C19H23FN6S. The number of aryl methyl sites for hydroxylation is 2. The van der Waals surface area contributed by atoms with Crippen molar-refractivity contribution >= 4 is 32.8 Å². The molecule has 3 aromatic rings. The quantitative estimate of drug-likeness (QED) is 0.698. The van der Waals surface area contributed by atoms with E-state index < -0.39 is 0 Å². The van der Waals surface area contributed by atoms with E-state index >= 15 is 0 Å². The summed E-state index contributed by atoms with van der Waals surface area (Å²) in [6.07, 6.45) is 4.43. The van der Waals surface area contributed by atoms with Crippen LogP contribution in [0.25, 0.3) is 5.65 Å². The highest BCUT2D eigenvalue weighted by atomic mass is 32.1. The second-order valence-corrected chi connectivity index (χ2v) is 7.68. The Kier molecular flexibility index (Phi) is 4.92. The maximum Gasteiger partial charge on any atom is 0.187 e. The minimum absolute atomic E-state index is 0.329. The van der Waals surface area contributed by atoms with Gasteiger partial charge in [0, 0.05) is 44.1 Å². The largest absolute Gasteiger partial charge is 0.345 e. The molecule has 1 aliphatic heterocycles. The second-order valence-electron chi connectivity index (χ2n) is 6.73. The normalized spacial score (nSPS) is 15.7. The van der Waals surface area contributed by atoms with Gasteiger partial charge in [-0.05, 0) is 26.3 Å². The average molecular weight is 387 g/mol. The third kappa shape index (κ3) is 3.59. The third-order valence-corrected chi connectivity index (χ3v) is 5.79. The van der Waals surface area contributed by atoms with Gasteiger partial charge < -0.3 is 14.6 Å². The van der Waals surface area contributed by atoms with E-state index in [1.54, 1.807) is 15.7 Å². The van der Waals surface area contributed by atoms with Gasteiger partial charge in [-0.2, -0.15) is 0 Å². The first-order valence-electron chi connectivity index (χ1n) is 9.21. The smallest absolute Gasteiger partial charge is 0.187 e. The van der Waals surface area contributed by atoms with Crippen molar-refractivity contribution in [2.45, 2.75) is 27.2 Å². The van der Waals surface area contributed by atoms with Gasteiger partial charge >= 0.3 is 0 Å². The van der Waals surface area contributed by atoms with Crippen molar-refractivity contribution in [2.24, 2.45) is 4.99 Å². The van der Waals surface area contributed by atoms with Gasteiger partial charge in [0.05, 0.1) is 17.1 Å². The molecule has 1 saturated heterocycles. The summed E-state index contributed by atoms with van der Waals surface area (Å²) >= 11 is 1.60. The van der Waals surface area contributed by atoms with Crippen molar-refractivity contribution in [2.75, 3.05) is 31.1 Å². The average Bonchev–Trinajstić information content (AvgIpc) is 3.22. The number of aromatic nitrogens is 3. The molecule has 3 aromatic heterocycles. The lowest BCUT2D eigenvalue weighted by Crippen LogP contribution is -2.43. The SMILES string of the molecule is CC/C(=N\c1sc(N2CCNCC2)nc1C)c1cc(F)c2nc(C)cn2c1. The van der Waals surface area contributed by atoms with Crippen LogP contribution in [0.15, 0.2) is 23.5 Å². The molecular weight excluding hydrogens is 363 g/mol. The molecule has 0 amide bonds. The maximum absolute atomic E-state index is 14.5. The summed E-state index contributed by atoms with van der Waals surface area (Å²) in [5.41, 5.74) is 3.68. The molecule has 8 heteroatoms. The number of pyridine rings is 1. The van der Waals surface area contributed by atoms with E-state index in [0.29, 0.717) is 12.1 Å².